The summed E-state index contributed by atoms with van der Waals surface area (Å²) >= 11 is 1.71. The van der Waals surface area contributed by atoms with Crippen LogP contribution in [0.2, 0.25) is 0 Å². The summed E-state index contributed by atoms with van der Waals surface area (Å²) in [6, 6.07) is 10.4. The second-order valence-corrected chi connectivity index (χ2v) is 6.68. The maximum atomic E-state index is 5.47. The number of ether oxygens (including phenoxy) is 1. The van der Waals surface area contributed by atoms with Gasteiger partial charge >= 0.3 is 0 Å². The Morgan fingerprint density at radius 2 is 1.91 bits per heavy atom. The van der Waals surface area contributed by atoms with Crippen molar-refractivity contribution in [3.05, 3.63) is 46.6 Å². The fraction of sp³-hybridized carbons (Fsp3) is 0.333. The van der Waals surface area contributed by atoms with Crippen LogP contribution in [-0.4, -0.2) is 23.1 Å². The lowest BCUT2D eigenvalue weighted by molar-refractivity contribution is 0.340. The predicted molar refractivity (Wildman–Crippen MR) is 96.7 cm³/mol. The van der Waals surface area contributed by atoms with E-state index in [-0.39, 0.29) is 0 Å². The SMILES string of the molecule is CCOc1ccc(CCNc2nc(C)nc3sc(C)cc23)cc1. The number of benzene rings is 1. The van der Waals surface area contributed by atoms with Crippen LogP contribution in [0, 0.1) is 13.8 Å². The van der Waals surface area contributed by atoms with Gasteiger partial charge in [-0.2, -0.15) is 0 Å². The summed E-state index contributed by atoms with van der Waals surface area (Å²) in [5.74, 6) is 2.66. The molecule has 1 N–H and O–H groups in total. The lowest BCUT2D eigenvalue weighted by Crippen LogP contribution is -2.07. The monoisotopic (exact) mass is 327 g/mol. The molecule has 2 heterocycles. The predicted octanol–water partition coefficient (Wildman–Crippen LogP) is 4.36. The van der Waals surface area contributed by atoms with Crippen molar-refractivity contribution >= 4 is 27.4 Å². The molecule has 2 aromatic heterocycles. The van der Waals surface area contributed by atoms with Crippen molar-refractivity contribution in [1.82, 2.24) is 9.97 Å². The zero-order valence-corrected chi connectivity index (χ0v) is 14.5. The molecule has 1 aromatic carbocycles. The minimum absolute atomic E-state index is 0.698. The molecule has 0 unspecified atom stereocenters. The van der Waals surface area contributed by atoms with Crippen molar-refractivity contribution in [3.63, 3.8) is 0 Å². The second kappa shape index (κ2) is 6.96. The number of rotatable bonds is 6. The van der Waals surface area contributed by atoms with Crippen LogP contribution in [0.4, 0.5) is 5.82 Å². The van der Waals surface area contributed by atoms with Gasteiger partial charge in [-0.25, -0.2) is 9.97 Å². The van der Waals surface area contributed by atoms with E-state index >= 15 is 0 Å². The van der Waals surface area contributed by atoms with Gasteiger partial charge in [-0.3, -0.25) is 0 Å². The third kappa shape index (κ3) is 3.79. The molecule has 4 nitrogen and oxygen atoms in total. The first-order valence-electron chi connectivity index (χ1n) is 7.86. The molecule has 0 atom stereocenters. The van der Waals surface area contributed by atoms with Gasteiger partial charge in [-0.05, 0) is 51.0 Å². The fourth-order valence-corrected chi connectivity index (χ4v) is 3.45. The average Bonchev–Trinajstić information content (AvgIpc) is 2.89. The lowest BCUT2D eigenvalue weighted by atomic mass is 10.1. The van der Waals surface area contributed by atoms with Gasteiger partial charge in [0.2, 0.25) is 0 Å². The molecule has 5 heteroatoms. The normalized spacial score (nSPS) is 10.9. The van der Waals surface area contributed by atoms with E-state index in [1.807, 2.05) is 26.0 Å². The third-order valence-corrected chi connectivity index (χ3v) is 4.51. The molecule has 0 fully saturated rings. The van der Waals surface area contributed by atoms with Crippen molar-refractivity contribution < 1.29 is 4.74 Å². The van der Waals surface area contributed by atoms with Crippen LogP contribution in [0.25, 0.3) is 10.2 Å². The molecule has 3 rings (SSSR count). The van der Waals surface area contributed by atoms with Crippen LogP contribution in [-0.2, 0) is 6.42 Å². The van der Waals surface area contributed by atoms with E-state index in [1.54, 1.807) is 11.3 Å². The van der Waals surface area contributed by atoms with Crippen molar-refractivity contribution in [2.45, 2.75) is 27.2 Å². The number of hydrogen-bond acceptors (Lipinski definition) is 5. The van der Waals surface area contributed by atoms with Crippen LogP contribution < -0.4 is 10.1 Å². The van der Waals surface area contributed by atoms with E-state index in [0.717, 1.165) is 40.6 Å². The molecular weight excluding hydrogens is 306 g/mol. The van der Waals surface area contributed by atoms with Gasteiger partial charge in [0.05, 0.1) is 12.0 Å². The van der Waals surface area contributed by atoms with E-state index in [4.69, 9.17) is 4.74 Å². The number of anilines is 1. The van der Waals surface area contributed by atoms with Gasteiger partial charge in [0.1, 0.15) is 22.2 Å². The highest BCUT2D eigenvalue weighted by Gasteiger charge is 2.08. The van der Waals surface area contributed by atoms with Gasteiger partial charge in [-0.1, -0.05) is 12.1 Å². The van der Waals surface area contributed by atoms with Crippen LogP contribution in [0.5, 0.6) is 5.75 Å². The average molecular weight is 327 g/mol. The molecule has 0 saturated heterocycles. The smallest absolute Gasteiger partial charge is 0.138 e. The summed E-state index contributed by atoms with van der Waals surface area (Å²) in [4.78, 5) is 11.4. The summed E-state index contributed by atoms with van der Waals surface area (Å²) in [5.41, 5.74) is 1.28. The Balaban J connectivity index is 1.66. The molecule has 23 heavy (non-hydrogen) atoms. The first-order chi connectivity index (χ1) is 11.2. The van der Waals surface area contributed by atoms with Crippen LogP contribution in [0.3, 0.4) is 0 Å². The van der Waals surface area contributed by atoms with Crippen LogP contribution in [0.15, 0.2) is 30.3 Å². The molecule has 0 aliphatic rings. The van der Waals surface area contributed by atoms with E-state index < -0.39 is 0 Å². The summed E-state index contributed by atoms with van der Waals surface area (Å²) in [5, 5.41) is 4.57. The van der Waals surface area contributed by atoms with Crippen LogP contribution in [0.1, 0.15) is 23.2 Å². The quantitative estimate of drug-likeness (QED) is 0.730. The number of aromatic nitrogens is 2. The van der Waals surface area contributed by atoms with Gasteiger partial charge in [0, 0.05) is 11.4 Å². The third-order valence-electron chi connectivity index (χ3n) is 3.57. The summed E-state index contributed by atoms with van der Waals surface area (Å²) < 4.78 is 5.47. The van der Waals surface area contributed by atoms with Crippen molar-refractivity contribution in [2.75, 3.05) is 18.5 Å². The number of fused-ring (bicyclic) bond motifs is 1. The zero-order valence-electron chi connectivity index (χ0n) is 13.7. The van der Waals surface area contributed by atoms with Gasteiger partial charge < -0.3 is 10.1 Å². The molecule has 0 spiro atoms. The maximum Gasteiger partial charge on any atom is 0.138 e. The lowest BCUT2D eigenvalue weighted by Gasteiger charge is -2.08. The maximum absolute atomic E-state index is 5.47. The minimum atomic E-state index is 0.698. The Hall–Kier alpha value is -2.14. The zero-order chi connectivity index (χ0) is 16.2. The molecule has 0 aliphatic carbocycles. The molecule has 3 aromatic rings. The first-order valence-corrected chi connectivity index (χ1v) is 8.67. The summed E-state index contributed by atoms with van der Waals surface area (Å²) in [7, 11) is 0. The summed E-state index contributed by atoms with van der Waals surface area (Å²) in [6.45, 7) is 7.57. The Bertz CT molecular complexity index is 796. The van der Waals surface area contributed by atoms with E-state index in [2.05, 4.69) is 40.4 Å². The van der Waals surface area contributed by atoms with Crippen molar-refractivity contribution in [2.24, 2.45) is 0 Å². The standard InChI is InChI=1S/C18H21N3OS/c1-4-22-15-7-5-14(6-8-15)9-10-19-17-16-11-12(2)23-18(16)21-13(3)20-17/h5-8,11H,4,9-10H2,1-3H3,(H,19,20,21). The number of nitrogens with one attached hydrogen (secondary N) is 1. The Kier molecular flexibility index (Phi) is 4.76. The molecule has 0 aliphatic heterocycles. The highest BCUT2D eigenvalue weighted by Crippen LogP contribution is 2.28. The van der Waals surface area contributed by atoms with Gasteiger partial charge in [0.15, 0.2) is 0 Å². The molecular formula is C18H21N3OS. The number of aryl methyl sites for hydroxylation is 2. The topological polar surface area (TPSA) is 47.0 Å². The molecule has 0 amide bonds. The van der Waals surface area contributed by atoms with Crippen LogP contribution >= 0.6 is 11.3 Å². The minimum Gasteiger partial charge on any atom is -0.494 e. The Morgan fingerprint density at radius 1 is 1.13 bits per heavy atom. The largest absolute Gasteiger partial charge is 0.494 e. The second-order valence-electron chi connectivity index (χ2n) is 5.45. The molecule has 120 valence electrons. The molecule has 0 radical (unpaired) electrons. The highest BCUT2D eigenvalue weighted by molar-refractivity contribution is 7.18. The fourth-order valence-electron chi connectivity index (χ4n) is 2.53. The van der Waals surface area contributed by atoms with E-state index in [1.165, 1.54) is 10.4 Å². The molecule has 0 bridgehead atoms. The molecule has 0 saturated carbocycles. The van der Waals surface area contributed by atoms with Gasteiger partial charge in [-0.15, -0.1) is 11.3 Å². The van der Waals surface area contributed by atoms with Crippen molar-refractivity contribution in [1.29, 1.82) is 0 Å². The number of nitrogens with zero attached hydrogens (tertiary/aromatic N) is 2. The highest BCUT2D eigenvalue weighted by atomic mass is 32.1. The number of thiophene rings is 1. The van der Waals surface area contributed by atoms with E-state index in [9.17, 15) is 0 Å². The first kappa shape index (κ1) is 15.7. The van der Waals surface area contributed by atoms with Gasteiger partial charge in [0.25, 0.3) is 0 Å². The Morgan fingerprint density at radius 3 is 2.65 bits per heavy atom. The van der Waals surface area contributed by atoms with Crippen molar-refractivity contribution in [3.8, 4) is 5.75 Å². The van der Waals surface area contributed by atoms with E-state index in [0.29, 0.717) is 6.61 Å². The number of hydrogen-bond donors (Lipinski definition) is 1. The Labute approximate surface area is 140 Å². The summed E-state index contributed by atoms with van der Waals surface area (Å²) in [6.07, 6.45) is 0.945.